The Hall–Kier alpha value is -1.36. The Morgan fingerprint density at radius 3 is 3.07 bits per heavy atom. The molecule has 0 spiro atoms. The maximum atomic E-state index is 11.4. The van der Waals surface area contributed by atoms with Crippen molar-refractivity contribution in [3.8, 4) is 0 Å². The van der Waals surface area contributed by atoms with Gasteiger partial charge in [-0.05, 0) is 26.0 Å². The summed E-state index contributed by atoms with van der Waals surface area (Å²) in [5, 5.41) is 6.82. The fourth-order valence-corrected chi connectivity index (χ4v) is 1.05. The highest BCUT2D eigenvalue weighted by atomic mass is 16.1. The van der Waals surface area contributed by atoms with E-state index < -0.39 is 0 Å². The summed E-state index contributed by atoms with van der Waals surface area (Å²) in [6.45, 7) is 3.94. The Balaban J connectivity index is 2.44. The van der Waals surface area contributed by atoms with Crippen molar-refractivity contribution in [3.05, 3.63) is 18.0 Å². The van der Waals surface area contributed by atoms with Crippen LogP contribution in [-0.4, -0.2) is 28.8 Å². The Bertz CT molecular complexity index is 295. The van der Waals surface area contributed by atoms with E-state index in [4.69, 9.17) is 5.73 Å². The Kier molecular flexibility index (Phi) is 4.12. The van der Waals surface area contributed by atoms with E-state index in [2.05, 4.69) is 10.4 Å². The highest BCUT2D eigenvalue weighted by Gasteiger charge is 2.07. The number of hydrogen-bond acceptors (Lipinski definition) is 3. The average molecular weight is 196 g/mol. The van der Waals surface area contributed by atoms with Crippen molar-refractivity contribution >= 4 is 5.91 Å². The summed E-state index contributed by atoms with van der Waals surface area (Å²) in [5.74, 6) is -0.134. The third-order valence-electron chi connectivity index (χ3n) is 1.86. The van der Waals surface area contributed by atoms with Crippen LogP contribution in [0.2, 0.25) is 0 Å². The molecule has 78 valence electrons. The Morgan fingerprint density at radius 2 is 2.50 bits per heavy atom. The van der Waals surface area contributed by atoms with Crippen LogP contribution in [0.15, 0.2) is 12.3 Å². The van der Waals surface area contributed by atoms with E-state index in [1.165, 1.54) is 0 Å². The summed E-state index contributed by atoms with van der Waals surface area (Å²) < 4.78 is 1.72. The van der Waals surface area contributed by atoms with Gasteiger partial charge in [0.05, 0.1) is 0 Å². The van der Waals surface area contributed by atoms with E-state index in [1.54, 1.807) is 16.9 Å². The predicted molar refractivity (Wildman–Crippen MR) is 53.9 cm³/mol. The SMILES string of the molecule is CCn1ccc(C(=O)NCCCN)n1. The predicted octanol–water partition coefficient (Wildman–Crippen LogP) is -0.0184. The number of amides is 1. The van der Waals surface area contributed by atoms with Gasteiger partial charge in [0.2, 0.25) is 0 Å². The van der Waals surface area contributed by atoms with Crippen LogP contribution in [0.25, 0.3) is 0 Å². The second-order valence-corrected chi connectivity index (χ2v) is 2.95. The van der Waals surface area contributed by atoms with Crippen molar-refractivity contribution in [1.29, 1.82) is 0 Å². The van der Waals surface area contributed by atoms with E-state index in [-0.39, 0.29) is 5.91 Å². The molecule has 0 atom stereocenters. The standard InChI is InChI=1S/C9H16N4O/c1-2-13-7-4-8(12-13)9(14)11-6-3-5-10/h4,7H,2-3,5-6,10H2,1H3,(H,11,14). The molecule has 0 aliphatic heterocycles. The van der Waals surface area contributed by atoms with Crippen LogP contribution in [0, 0.1) is 0 Å². The van der Waals surface area contributed by atoms with Gasteiger partial charge in [0.15, 0.2) is 0 Å². The first-order valence-corrected chi connectivity index (χ1v) is 4.79. The highest BCUT2D eigenvalue weighted by molar-refractivity contribution is 5.92. The zero-order valence-electron chi connectivity index (χ0n) is 8.36. The van der Waals surface area contributed by atoms with Gasteiger partial charge in [-0.25, -0.2) is 0 Å². The third kappa shape index (κ3) is 2.85. The lowest BCUT2D eigenvalue weighted by atomic mass is 10.4. The second-order valence-electron chi connectivity index (χ2n) is 2.95. The maximum absolute atomic E-state index is 11.4. The zero-order valence-corrected chi connectivity index (χ0v) is 8.36. The van der Waals surface area contributed by atoms with Crippen molar-refractivity contribution in [3.63, 3.8) is 0 Å². The minimum absolute atomic E-state index is 0.134. The topological polar surface area (TPSA) is 72.9 Å². The van der Waals surface area contributed by atoms with Gasteiger partial charge in [-0.15, -0.1) is 0 Å². The lowest BCUT2D eigenvalue weighted by molar-refractivity contribution is 0.0947. The van der Waals surface area contributed by atoms with Crippen molar-refractivity contribution in [2.75, 3.05) is 13.1 Å². The molecule has 3 N–H and O–H groups in total. The summed E-state index contributed by atoms with van der Waals surface area (Å²) in [6, 6.07) is 1.71. The largest absolute Gasteiger partial charge is 0.351 e. The molecule has 1 rings (SSSR count). The lowest BCUT2D eigenvalue weighted by Gasteiger charge is -2.00. The maximum Gasteiger partial charge on any atom is 0.271 e. The summed E-state index contributed by atoms with van der Waals surface area (Å²) in [7, 11) is 0. The summed E-state index contributed by atoms with van der Waals surface area (Å²) in [4.78, 5) is 11.4. The molecule has 14 heavy (non-hydrogen) atoms. The van der Waals surface area contributed by atoms with E-state index in [0.29, 0.717) is 18.8 Å². The van der Waals surface area contributed by atoms with Gasteiger partial charge in [-0.3, -0.25) is 9.48 Å². The van der Waals surface area contributed by atoms with Gasteiger partial charge in [-0.2, -0.15) is 5.10 Å². The van der Waals surface area contributed by atoms with Crippen LogP contribution in [0.3, 0.4) is 0 Å². The molecular weight excluding hydrogens is 180 g/mol. The van der Waals surface area contributed by atoms with Gasteiger partial charge < -0.3 is 11.1 Å². The van der Waals surface area contributed by atoms with E-state index in [9.17, 15) is 4.79 Å². The molecule has 5 nitrogen and oxygen atoms in total. The smallest absolute Gasteiger partial charge is 0.271 e. The lowest BCUT2D eigenvalue weighted by Crippen LogP contribution is -2.26. The number of nitrogens with one attached hydrogen (secondary N) is 1. The zero-order chi connectivity index (χ0) is 10.4. The molecule has 1 amide bonds. The molecule has 1 heterocycles. The number of nitrogens with two attached hydrogens (primary N) is 1. The molecule has 0 aromatic carbocycles. The average Bonchev–Trinajstić information content (AvgIpc) is 2.66. The van der Waals surface area contributed by atoms with Crippen LogP contribution in [0.5, 0.6) is 0 Å². The molecule has 0 aliphatic carbocycles. The number of hydrogen-bond donors (Lipinski definition) is 2. The molecule has 1 aromatic rings. The van der Waals surface area contributed by atoms with E-state index in [0.717, 1.165) is 13.0 Å². The highest BCUT2D eigenvalue weighted by Crippen LogP contribution is 1.95. The molecule has 0 radical (unpaired) electrons. The normalized spacial score (nSPS) is 10.1. The van der Waals surface area contributed by atoms with Crippen LogP contribution < -0.4 is 11.1 Å². The first kappa shape index (κ1) is 10.7. The number of aryl methyl sites for hydroxylation is 1. The first-order chi connectivity index (χ1) is 6.77. The van der Waals surface area contributed by atoms with Crippen molar-refractivity contribution < 1.29 is 4.79 Å². The minimum Gasteiger partial charge on any atom is -0.351 e. The molecule has 0 unspecified atom stereocenters. The summed E-state index contributed by atoms with van der Waals surface area (Å²) in [6.07, 6.45) is 2.58. The molecule has 1 aromatic heterocycles. The molecule has 0 aliphatic rings. The molecule has 0 saturated carbocycles. The van der Waals surface area contributed by atoms with Crippen molar-refractivity contribution in [1.82, 2.24) is 15.1 Å². The van der Waals surface area contributed by atoms with Gasteiger partial charge in [0.1, 0.15) is 5.69 Å². The number of aromatic nitrogens is 2. The van der Waals surface area contributed by atoms with Gasteiger partial charge in [0.25, 0.3) is 5.91 Å². The summed E-state index contributed by atoms with van der Waals surface area (Å²) >= 11 is 0. The first-order valence-electron chi connectivity index (χ1n) is 4.79. The fraction of sp³-hybridized carbons (Fsp3) is 0.556. The Labute approximate surface area is 83.3 Å². The van der Waals surface area contributed by atoms with Gasteiger partial charge in [-0.1, -0.05) is 0 Å². The van der Waals surface area contributed by atoms with Crippen molar-refractivity contribution in [2.45, 2.75) is 19.9 Å². The van der Waals surface area contributed by atoms with Crippen molar-refractivity contribution in [2.24, 2.45) is 5.73 Å². The second kappa shape index (κ2) is 5.39. The molecular formula is C9H16N4O. The van der Waals surface area contributed by atoms with E-state index in [1.807, 2.05) is 6.92 Å². The fourth-order valence-electron chi connectivity index (χ4n) is 1.05. The third-order valence-corrected chi connectivity index (χ3v) is 1.86. The number of nitrogens with zero attached hydrogens (tertiary/aromatic N) is 2. The van der Waals surface area contributed by atoms with Gasteiger partial charge in [0, 0.05) is 19.3 Å². The van der Waals surface area contributed by atoms with Crippen LogP contribution in [-0.2, 0) is 6.54 Å². The minimum atomic E-state index is -0.134. The molecule has 0 fully saturated rings. The molecule has 0 saturated heterocycles. The number of rotatable bonds is 5. The molecule has 0 bridgehead atoms. The number of carbonyl (C=O) groups is 1. The van der Waals surface area contributed by atoms with Crippen LogP contribution in [0.4, 0.5) is 0 Å². The quantitative estimate of drug-likeness (QED) is 0.650. The monoisotopic (exact) mass is 196 g/mol. The Morgan fingerprint density at radius 1 is 1.71 bits per heavy atom. The van der Waals surface area contributed by atoms with Gasteiger partial charge >= 0.3 is 0 Å². The number of carbonyl (C=O) groups excluding carboxylic acids is 1. The summed E-state index contributed by atoms with van der Waals surface area (Å²) in [5.41, 5.74) is 5.77. The molecule has 5 heteroatoms. The van der Waals surface area contributed by atoms with E-state index >= 15 is 0 Å². The van der Waals surface area contributed by atoms with Crippen LogP contribution >= 0.6 is 0 Å². The van der Waals surface area contributed by atoms with Crippen LogP contribution in [0.1, 0.15) is 23.8 Å².